The summed E-state index contributed by atoms with van der Waals surface area (Å²) in [4.78, 5) is 16.4. The number of anilines is 1. The molecule has 3 fully saturated rings. The fourth-order valence-corrected chi connectivity index (χ4v) is 3.80. The summed E-state index contributed by atoms with van der Waals surface area (Å²) in [6.45, 7) is 5.31. The molecule has 0 unspecified atom stereocenters. The number of amides is 1. The van der Waals surface area contributed by atoms with E-state index in [2.05, 4.69) is 10.2 Å². The second-order valence-electron chi connectivity index (χ2n) is 7.28. The first kappa shape index (κ1) is 18.6. The first-order valence-electron chi connectivity index (χ1n) is 9.50. The molecule has 0 aliphatic carbocycles. The van der Waals surface area contributed by atoms with Crippen LogP contribution in [0.15, 0.2) is 24.3 Å². The van der Waals surface area contributed by atoms with Gasteiger partial charge in [-0.25, -0.2) is 4.39 Å². The molecule has 0 saturated carbocycles. The average Bonchev–Trinajstić information content (AvgIpc) is 2.97. The summed E-state index contributed by atoms with van der Waals surface area (Å²) in [5.74, 6) is -0.131. The van der Waals surface area contributed by atoms with Crippen LogP contribution in [-0.4, -0.2) is 93.1 Å². The minimum atomic E-state index is -0.270. The van der Waals surface area contributed by atoms with Crippen LogP contribution in [0.5, 0.6) is 0 Å². The van der Waals surface area contributed by atoms with E-state index in [0.29, 0.717) is 59.2 Å². The molecule has 8 heteroatoms. The molecule has 4 rings (SSSR count). The summed E-state index contributed by atoms with van der Waals surface area (Å²) in [6, 6.07) is 6.36. The number of carbonyl (C=O) groups excluding carboxylic acids is 1. The predicted octanol–water partition coefficient (Wildman–Crippen LogP) is 0.565. The molecule has 3 aliphatic heterocycles. The number of halogens is 1. The maximum Gasteiger partial charge on any atom is 0.236 e. The van der Waals surface area contributed by atoms with E-state index >= 15 is 0 Å². The van der Waals surface area contributed by atoms with Crippen molar-refractivity contribution in [1.82, 2.24) is 9.80 Å². The van der Waals surface area contributed by atoms with Gasteiger partial charge in [0.1, 0.15) is 5.82 Å². The highest BCUT2D eigenvalue weighted by Crippen LogP contribution is 2.22. The number of morpholine rings is 1. The summed E-state index contributed by atoms with van der Waals surface area (Å²) < 4.78 is 30.7. The minimum Gasteiger partial charge on any atom is -0.378 e. The number of fused-ring (bicyclic) bond motifs is 1. The Hall–Kier alpha value is -1.74. The SMILES string of the molecule is O=C(CN1C[C@@H]2OCC(Nc3cccc(F)c3)CO[C@H]2C1)N1CCOCC1. The molecule has 1 amide bonds. The molecule has 148 valence electrons. The van der Waals surface area contributed by atoms with Crippen molar-refractivity contribution >= 4 is 11.6 Å². The largest absolute Gasteiger partial charge is 0.378 e. The van der Waals surface area contributed by atoms with E-state index in [4.69, 9.17) is 14.2 Å². The molecule has 1 N–H and O–H groups in total. The molecule has 3 saturated heterocycles. The molecule has 0 spiro atoms. The lowest BCUT2D eigenvalue weighted by atomic mass is 10.2. The van der Waals surface area contributed by atoms with E-state index < -0.39 is 0 Å². The molecule has 3 heterocycles. The van der Waals surface area contributed by atoms with Gasteiger partial charge in [-0.3, -0.25) is 9.69 Å². The van der Waals surface area contributed by atoms with Crippen molar-refractivity contribution in [3.63, 3.8) is 0 Å². The zero-order chi connectivity index (χ0) is 18.6. The van der Waals surface area contributed by atoms with Crippen LogP contribution in [0, 0.1) is 5.82 Å². The van der Waals surface area contributed by atoms with Crippen molar-refractivity contribution in [2.45, 2.75) is 18.2 Å². The second kappa shape index (κ2) is 8.52. The van der Waals surface area contributed by atoms with Crippen LogP contribution in [0.4, 0.5) is 10.1 Å². The second-order valence-corrected chi connectivity index (χ2v) is 7.28. The van der Waals surface area contributed by atoms with E-state index in [1.807, 2.05) is 11.0 Å². The number of nitrogens with zero attached hydrogens (tertiary/aromatic N) is 2. The van der Waals surface area contributed by atoms with Gasteiger partial charge in [-0.05, 0) is 18.2 Å². The van der Waals surface area contributed by atoms with Crippen LogP contribution in [0.3, 0.4) is 0 Å². The van der Waals surface area contributed by atoms with Gasteiger partial charge in [-0.2, -0.15) is 0 Å². The number of nitrogens with one attached hydrogen (secondary N) is 1. The third kappa shape index (κ3) is 4.76. The van der Waals surface area contributed by atoms with Crippen LogP contribution >= 0.6 is 0 Å². The van der Waals surface area contributed by atoms with Crippen molar-refractivity contribution in [3.05, 3.63) is 30.1 Å². The van der Waals surface area contributed by atoms with Crippen LogP contribution in [0.2, 0.25) is 0 Å². The number of likely N-dealkylation sites (tertiary alicyclic amines) is 1. The van der Waals surface area contributed by atoms with Gasteiger partial charge in [-0.1, -0.05) is 6.07 Å². The molecular formula is C19H26FN3O4. The zero-order valence-electron chi connectivity index (χ0n) is 15.3. The molecule has 0 radical (unpaired) electrons. The highest BCUT2D eigenvalue weighted by Gasteiger charge is 2.38. The molecule has 1 aromatic carbocycles. The third-order valence-electron chi connectivity index (χ3n) is 5.23. The molecule has 0 aromatic heterocycles. The topological polar surface area (TPSA) is 63.3 Å². The number of carbonyl (C=O) groups is 1. The van der Waals surface area contributed by atoms with E-state index in [9.17, 15) is 9.18 Å². The molecular weight excluding hydrogens is 353 g/mol. The Labute approximate surface area is 158 Å². The molecule has 0 bridgehead atoms. The van der Waals surface area contributed by atoms with Crippen molar-refractivity contribution in [2.75, 3.05) is 64.5 Å². The summed E-state index contributed by atoms with van der Waals surface area (Å²) in [7, 11) is 0. The van der Waals surface area contributed by atoms with Crippen LogP contribution < -0.4 is 5.32 Å². The Morgan fingerprint density at radius 3 is 2.52 bits per heavy atom. The molecule has 1 aromatic rings. The van der Waals surface area contributed by atoms with Crippen molar-refractivity contribution in [3.8, 4) is 0 Å². The van der Waals surface area contributed by atoms with E-state index in [1.165, 1.54) is 12.1 Å². The molecule has 27 heavy (non-hydrogen) atoms. The Kier molecular flexibility index (Phi) is 5.87. The van der Waals surface area contributed by atoms with E-state index in [0.717, 1.165) is 5.69 Å². The number of rotatable bonds is 4. The standard InChI is InChI=1S/C19H26FN3O4/c20-14-2-1-3-15(8-14)21-16-12-26-17-9-22(10-18(17)27-13-16)11-19(24)23-4-6-25-7-5-23/h1-3,8,16-18,21H,4-7,9-13H2/t17-,18-/m0/s1. The first-order chi connectivity index (χ1) is 13.2. The van der Waals surface area contributed by atoms with Gasteiger partial charge in [0.2, 0.25) is 5.91 Å². The first-order valence-corrected chi connectivity index (χ1v) is 9.50. The van der Waals surface area contributed by atoms with Gasteiger partial charge in [0.15, 0.2) is 0 Å². The Balaban J connectivity index is 1.25. The monoisotopic (exact) mass is 379 g/mol. The Morgan fingerprint density at radius 1 is 1.15 bits per heavy atom. The van der Waals surface area contributed by atoms with Gasteiger partial charge in [0.05, 0.1) is 51.2 Å². The van der Waals surface area contributed by atoms with Gasteiger partial charge >= 0.3 is 0 Å². The average molecular weight is 379 g/mol. The van der Waals surface area contributed by atoms with E-state index in [1.54, 1.807) is 6.07 Å². The number of hydrogen-bond acceptors (Lipinski definition) is 6. The van der Waals surface area contributed by atoms with Crippen molar-refractivity contribution in [2.24, 2.45) is 0 Å². The fraction of sp³-hybridized carbons (Fsp3) is 0.632. The van der Waals surface area contributed by atoms with Crippen LogP contribution in [0.1, 0.15) is 0 Å². The maximum absolute atomic E-state index is 13.3. The summed E-state index contributed by atoms with van der Waals surface area (Å²) in [5, 5.41) is 3.26. The Bertz CT molecular complexity index is 640. The minimum absolute atomic E-state index is 0.0270. The maximum atomic E-state index is 13.3. The predicted molar refractivity (Wildman–Crippen MR) is 97.1 cm³/mol. The zero-order valence-corrected chi connectivity index (χ0v) is 15.3. The van der Waals surface area contributed by atoms with Crippen LogP contribution in [0.25, 0.3) is 0 Å². The summed E-state index contributed by atoms with van der Waals surface area (Å²) in [6.07, 6.45) is -0.0800. The van der Waals surface area contributed by atoms with Gasteiger partial charge in [0.25, 0.3) is 0 Å². The highest BCUT2D eigenvalue weighted by molar-refractivity contribution is 5.78. The molecule has 2 atom stereocenters. The van der Waals surface area contributed by atoms with Crippen molar-refractivity contribution in [1.29, 1.82) is 0 Å². The lowest BCUT2D eigenvalue weighted by molar-refractivity contribution is -0.136. The van der Waals surface area contributed by atoms with Gasteiger partial charge in [-0.15, -0.1) is 0 Å². The summed E-state index contributed by atoms with van der Waals surface area (Å²) in [5.41, 5.74) is 0.719. The molecule has 7 nitrogen and oxygen atoms in total. The number of hydrogen-bond donors (Lipinski definition) is 1. The quantitative estimate of drug-likeness (QED) is 0.825. The third-order valence-corrected chi connectivity index (χ3v) is 5.23. The van der Waals surface area contributed by atoms with Crippen LogP contribution in [-0.2, 0) is 19.0 Å². The normalized spacial score (nSPS) is 27.2. The lowest BCUT2D eigenvalue weighted by Gasteiger charge is -2.28. The van der Waals surface area contributed by atoms with Gasteiger partial charge in [0, 0.05) is 31.9 Å². The highest BCUT2D eigenvalue weighted by atomic mass is 19.1. The fourth-order valence-electron chi connectivity index (χ4n) is 3.80. The smallest absolute Gasteiger partial charge is 0.236 e. The van der Waals surface area contributed by atoms with Gasteiger partial charge < -0.3 is 24.4 Å². The number of benzene rings is 1. The Morgan fingerprint density at radius 2 is 1.85 bits per heavy atom. The lowest BCUT2D eigenvalue weighted by Crippen LogP contribution is -2.45. The van der Waals surface area contributed by atoms with E-state index in [-0.39, 0.29) is 30.0 Å². The summed E-state index contributed by atoms with van der Waals surface area (Å²) >= 11 is 0. The number of ether oxygens (including phenoxy) is 3. The molecule has 3 aliphatic rings. The van der Waals surface area contributed by atoms with Crippen molar-refractivity contribution < 1.29 is 23.4 Å².